The van der Waals surface area contributed by atoms with Crippen LogP contribution in [0.1, 0.15) is 26.3 Å². The Morgan fingerprint density at radius 2 is 1.70 bits per heavy atom. The monoisotopic (exact) mass is 409 g/mol. The molecule has 0 aliphatic rings. The molecule has 27 heavy (non-hydrogen) atoms. The Labute approximate surface area is 168 Å². The van der Waals surface area contributed by atoms with E-state index in [-0.39, 0.29) is 5.02 Å². The molecule has 2 aromatic rings. The Kier molecular flexibility index (Phi) is 7.51. The first kappa shape index (κ1) is 21.1. The summed E-state index contributed by atoms with van der Waals surface area (Å²) in [5, 5.41) is 3.45. The number of hydrogen-bond acceptors (Lipinski definition) is 4. The van der Waals surface area contributed by atoms with Gasteiger partial charge in [0.2, 0.25) is 0 Å². The maximum Gasteiger partial charge on any atom is 0.347 e. The van der Waals surface area contributed by atoms with Crippen LogP contribution in [0.25, 0.3) is 0 Å². The minimum atomic E-state index is -0.977. The molecular formula is C20H21Cl2NO4. The number of ether oxygens (including phenoxy) is 2. The van der Waals surface area contributed by atoms with E-state index in [1.807, 2.05) is 12.1 Å². The molecule has 144 valence electrons. The molecule has 0 bridgehead atoms. The van der Waals surface area contributed by atoms with Gasteiger partial charge in [-0.25, -0.2) is 4.79 Å². The van der Waals surface area contributed by atoms with Crippen LogP contribution < -0.4 is 10.1 Å². The molecule has 0 aliphatic heterocycles. The summed E-state index contributed by atoms with van der Waals surface area (Å²) in [5.74, 6) is -0.798. The van der Waals surface area contributed by atoms with Crippen molar-refractivity contribution in [2.75, 3.05) is 5.32 Å². The zero-order valence-corrected chi connectivity index (χ0v) is 16.8. The number of anilines is 1. The lowest BCUT2D eigenvalue weighted by Crippen LogP contribution is -2.35. The van der Waals surface area contributed by atoms with Crippen molar-refractivity contribution in [2.45, 2.75) is 39.4 Å². The Morgan fingerprint density at radius 3 is 2.30 bits per heavy atom. The van der Waals surface area contributed by atoms with Crippen LogP contribution in [0.4, 0.5) is 5.69 Å². The Bertz CT molecular complexity index is 808. The van der Waals surface area contributed by atoms with Crippen molar-refractivity contribution in [2.24, 2.45) is 0 Å². The smallest absolute Gasteiger partial charge is 0.347 e. The number of hydrogen-bond donors (Lipinski definition) is 1. The van der Waals surface area contributed by atoms with E-state index in [9.17, 15) is 9.59 Å². The summed E-state index contributed by atoms with van der Waals surface area (Å²) in [6, 6.07) is 12.1. The van der Waals surface area contributed by atoms with Gasteiger partial charge in [-0.1, -0.05) is 42.3 Å². The predicted molar refractivity (Wildman–Crippen MR) is 107 cm³/mol. The zero-order chi connectivity index (χ0) is 20.0. The molecule has 0 saturated heterocycles. The molecule has 0 saturated carbocycles. The van der Waals surface area contributed by atoms with E-state index < -0.39 is 24.1 Å². The van der Waals surface area contributed by atoms with Gasteiger partial charge in [-0.2, -0.15) is 0 Å². The van der Waals surface area contributed by atoms with Crippen LogP contribution in [0.3, 0.4) is 0 Å². The second-order valence-corrected chi connectivity index (χ2v) is 6.80. The number of halogens is 2. The first-order chi connectivity index (χ1) is 12.8. The average molecular weight is 410 g/mol. The Hall–Kier alpha value is -2.24. The quantitative estimate of drug-likeness (QED) is 0.660. The van der Waals surface area contributed by atoms with Gasteiger partial charge in [0, 0.05) is 10.7 Å². The molecule has 0 aliphatic carbocycles. The summed E-state index contributed by atoms with van der Waals surface area (Å²) in [5.41, 5.74) is 1.80. The molecule has 0 radical (unpaired) electrons. The number of rotatable bonds is 7. The molecule has 7 heteroatoms. The van der Waals surface area contributed by atoms with Crippen LogP contribution in [0, 0.1) is 0 Å². The van der Waals surface area contributed by atoms with Gasteiger partial charge >= 0.3 is 5.97 Å². The third-order valence-electron chi connectivity index (χ3n) is 3.82. The Morgan fingerprint density at radius 1 is 1.04 bits per heavy atom. The lowest BCUT2D eigenvalue weighted by atomic mass is 10.1. The number of nitrogens with one attached hydrogen (secondary N) is 1. The molecule has 1 N–H and O–H groups in total. The summed E-state index contributed by atoms with van der Waals surface area (Å²) in [7, 11) is 0. The molecule has 2 atom stereocenters. The third-order valence-corrected chi connectivity index (χ3v) is 4.35. The van der Waals surface area contributed by atoms with E-state index >= 15 is 0 Å². The fourth-order valence-corrected chi connectivity index (χ4v) is 2.65. The minimum absolute atomic E-state index is 0.281. The average Bonchev–Trinajstić information content (AvgIpc) is 2.64. The van der Waals surface area contributed by atoms with Crippen LogP contribution in [-0.2, 0) is 20.7 Å². The van der Waals surface area contributed by atoms with E-state index in [2.05, 4.69) is 12.2 Å². The van der Waals surface area contributed by atoms with Crippen molar-refractivity contribution in [3.63, 3.8) is 0 Å². The van der Waals surface area contributed by atoms with Gasteiger partial charge in [0.1, 0.15) is 5.75 Å². The second kappa shape index (κ2) is 9.62. The van der Waals surface area contributed by atoms with Crippen molar-refractivity contribution >= 4 is 40.8 Å². The highest BCUT2D eigenvalue weighted by Crippen LogP contribution is 2.28. The summed E-state index contributed by atoms with van der Waals surface area (Å²) < 4.78 is 10.7. The van der Waals surface area contributed by atoms with E-state index in [1.54, 1.807) is 24.3 Å². The first-order valence-electron chi connectivity index (χ1n) is 8.52. The van der Waals surface area contributed by atoms with E-state index in [0.717, 1.165) is 6.42 Å². The fourth-order valence-electron chi connectivity index (χ4n) is 2.20. The fraction of sp³-hybridized carbons (Fsp3) is 0.300. The molecule has 0 aromatic heterocycles. The van der Waals surface area contributed by atoms with Gasteiger partial charge in [0.15, 0.2) is 12.2 Å². The van der Waals surface area contributed by atoms with Crippen LogP contribution in [0.15, 0.2) is 42.5 Å². The Balaban J connectivity index is 1.89. The highest BCUT2D eigenvalue weighted by atomic mass is 35.5. The summed E-state index contributed by atoms with van der Waals surface area (Å²) in [4.78, 5) is 24.4. The van der Waals surface area contributed by atoms with Gasteiger partial charge in [-0.05, 0) is 56.2 Å². The number of benzene rings is 2. The third kappa shape index (κ3) is 6.15. The topological polar surface area (TPSA) is 64.6 Å². The molecule has 0 spiro atoms. The van der Waals surface area contributed by atoms with Gasteiger partial charge in [-0.15, -0.1) is 0 Å². The van der Waals surface area contributed by atoms with Gasteiger partial charge < -0.3 is 14.8 Å². The lowest BCUT2D eigenvalue weighted by molar-refractivity contribution is -0.159. The standard InChI is InChI=1S/C20H21Cl2NO4/c1-4-14-5-8-16(9-6-14)23-19(24)12(2)27-20(25)13(3)26-18-10-7-15(21)11-17(18)22/h5-13H,4H2,1-3H3,(H,23,24)/t12-,13-/m1/s1. The normalized spacial score (nSPS) is 12.8. The molecule has 0 fully saturated rings. The maximum absolute atomic E-state index is 12.2. The van der Waals surface area contributed by atoms with Crippen LogP contribution in [0.2, 0.25) is 10.0 Å². The zero-order valence-electron chi connectivity index (χ0n) is 15.3. The summed E-state index contributed by atoms with van der Waals surface area (Å²) >= 11 is 11.8. The van der Waals surface area contributed by atoms with E-state index in [1.165, 1.54) is 25.5 Å². The first-order valence-corrected chi connectivity index (χ1v) is 9.27. The predicted octanol–water partition coefficient (Wildman–Crippen LogP) is 4.89. The molecule has 2 rings (SSSR count). The minimum Gasteiger partial charge on any atom is -0.477 e. The van der Waals surface area contributed by atoms with E-state index in [0.29, 0.717) is 16.5 Å². The van der Waals surface area contributed by atoms with Gasteiger partial charge in [0.05, 0.1) is 5.02 Å². The number of carbonyl (C=O) groups excluding carboxylic acids is 2. The molecule has 0 unspecified atom stereocenters. The van der Waals surface area contributed by atoms with Crippen molar-refractivity contribution in [3.05, 3.63) is 58.1 Å². The van der Waals surface area contributed by atoms with E-state index in [4.69, 9.17) is 32.7 Å². The SMILES string of the molecule is CCc1ccc(NC(=O)[C@@H](C)OC(=O)[C@@H](C)Oc2ccc(Cl)cc2Cl)cc1. The molecular weight excluding hydrogens is 389 g/mol. The lowest BCUT2D eigenvalue weighted by Gasteiger charge is -2.18. The molecule has 0 heterocycles. The maximum atomic E-state index is 12.2. The number of amides is 1. The van der Waals surface area contributed by atoms with Gasteiger partial charge in [-0.3, -0.25) is 4.79 Å². The van der Waals surface area contributed by atoms with Crippen molar-refractivity contribution in [1.29, 1.82) is 0 Å². The largest absolute Gasteiger partial charge is 0.477 e. The number of carbonyl (C=O) groups is 2. The highest BCUT2D eigenvalue weighted by molar-refractivity contribution is 6.35. The molecule has 2 aromatic carbocycles. The summed E-state index contributed by atoms with van der Waals surface area (Å²) in [6.45, 7) is 5.06. The van der Waals surface area contributed by atoms with Crippen molar-refractivity contribution in [3.8, 4) is 5.75 Å². The number of aryl methyl sites for hydroxylation is 1. The number of esters is 1. The van der Waals surface area contributed by atoms with Gasteiger partial charge in [0.25, 0.3) is 5.91 Å². The molecule has 1 amide bonds. The van der Waals surface area contributed by atoms with Crippen LogP contribution in [-0.4, -0.2) is 24.1 Å². The van der Waals surface area contributed by atoms with Crippen LogP contribution in [0.5, 0.6) is 5.75 Å². The van der Waals surface area contributed by atoms with Crippen molar-refractivity contribution < 1.29 is 19.1 Å². The molecule has 5 nitrogen and oxygen atoms in total. The summed E-state index contributed by atoms with van der Waals surface area (Å²) in [6.07, 6.45) is -1.00. The van der Waals surface area contributed by atoms with Crippen LogP contribution >= 0.6 is 23.2 Å². The second-order valence-electron chi connectivity index (χ2n) is 5.95. The highest BCUT2D eigenvalue weighted by Gasteiger charge is 2.24. The van der Waals surface area contributed by atoms with Crippen molar-refractivity contribution in [1.82, 2.24) is 0 Å².